The third-order valence-corrected chi connectivity index (χ3v) is 19.0. The Bertz CT molecular complexity index is 3690. The number of carbonyl (C=O) groups is 1. The fraction of sp³-hybridized carbons (Fsp3) is 0.161. The van der Waals surface area contributed by atoms with Crippen LogP contribution in [0.2, 0.25) is 0 Å². The van der Waals surface area contributed by atoms with E-state index in [1.165, 1.54) is 0 Å². The van der Waals surface area contributed by atoms with E-state index in [1.807, 2.05) is 54.6 Å². The highest BCUT2D eigenvalue weighted by atomic mass is 31.2. The lowest BCUT2D eigenvalue weighted by Crippen LogP contribution is -2.75. The normalized spacial score (nSPS) is 13.2. The van der Waals surface area contributed by atoms with Gasteiger partial charge in [0.25, 0.3) is 0 Å². The van der Waals surface area contributed by atoms with Crippen LogP contribution in [0.5, 0.6) is 5.75 Å². The van der Waals surface area contributed by atoms with Crippen LogP contribution in [0.3, 0.4) is 0 Å². The zero-order valence-electron chi connectivity index (χ0n) is 45.8. The first-order chi connectivity index (χ1) is 42.4. The van der Waals surface area contributed by atoms with Crippen molar-refractivity contribution >= 4 is 67.9 Å². The summed E-state index contributed by atoms with van der Waals surface area (Å²) in [7, 11) is -0.865. The molecule has 484 valence electrons. The van der Waals surface area contributed by atoms with Gasteiger partial charge in [0.05, 0.1) is 51.6 Å². The van der Waals surface area contributed by atoms with Crippen LogP contribution in [0.1, 0.15) is 54.9 Å². The standard InChI is InChI=1S/C32H12BF24.C30H24O4P/c34-25(35,36)13-1-14(26(37,38)39)6-21(5-13)33(22-7-15(27(40,41)42)2-16(8-22)28(43,44)45,23-9-17(29(46,47)48)3-18(10-23)30(49,50)51)24-11-19(31(52,53)54)4-20(12-24)32(55,56)57;1-33-23-18-17-22-19-27(30(32)34-29(22)20-23)28(31)21-35(24-11-5-2-6-12-24,25-13-7-3-8-14-25)26-15-9-4-10-16-26/h1-12H;2-20H,21H2,1H3/q-1;+1. The maximum absolute atomic E-state index is 14.2. The molecule has 4 nitrogen and oxygen atoms in total. The van der Waals surface area contributed by atoms with Gasteiger partial charge in [-0.1, -0.05) is 103 Å². The zero-order valence-corrected chi connectivity index (χ0v) is 46.7. The fourth-order valence-corrected chi connectivity index (χ4v) is 14.6. The van der Waals surface area contributed by atoms with E-state index >= 15 is 0 Å². The Hall–Kier alpha value is -8.75. The van der Waals surface area contributed by atoms with Gasteiger partial charge in [-0.25, -0.2) is 4.79 Å². The van der Waals surface area contributed by atoms with Crippen molar-refractivity contribution in [2.45, 2.75) is 49.4 Å². The van der Waals surface area contributed by atoms with Crippen LogP contribution in [-0.4, -0.2) is 25.2 Å². The lowest BCUT2D eigenvalue weighted by Gasteiger charge is -2.46. The van der Waals surface area contributed by atoms with E-state index in [4.69, 9.17) is 9.15 Å². The molecule has 9 aromatic rings. The molecule has 92 heavy (non-hydrogen) atoms. The maximum Gasteiger partial charge on any atom is 0.416 e. The van der Waals surface area contributed by atoms with Gasteiger partial charge in [0, 0.05) is 11.5 Å². The molecule has 0 aliphatic carbocycles. The van der Waals surface area contributed by atoms with Crippen molar-refractivity contribution < 1.29 is 119 Å². The maximum atomic E-state index is 14.2. The van der Waals surface area contributed by atoms with E-state index in [1.54, 1.807) is 31.4 Å². The summed E-state index contributed by atoms with van der Waals surface area (Å²) in [5.74, 6) is 0.350. The Balaban J connectivity index is 0.000000264. The first-order valence-corrected chi connectivity index (χ1v) is 27.9. The lowest BCUT2D eigenvalue weighted by molar-refractivity contribution is -0.144. The summed E-state index contributed by atoms with van der Waals surface area (Å²) >= 11 is 0. The molecule has 0 amide bonds. The molecule has 0 spiro atoms. The highest BCUT2D eigenvalue weighted by Crippen LogP contribution is 2.56. The molecule has 0 radical (unpaired) electrons. The second-order valence-corrected chi connectivity index (χ2v) is 24.0. The average molecular weight is 1340 g/mol. The Morgan fingerprint density at radius 1 is 0.370 bits per heavy atom. The smallest absolute Gasteiger partial charge is 0.416 e. The molecular weight excluding hydrogens is 1310 g/mol. The molecule has 0 fully saturated rings. The number of hydrogen-bond acceptors (Lipinski definition) is 4. The van der Waals surface area contributed by atoms with Gasteiger partial charge < -0.3 is 9.15 Å². The molecule has 9 rings (SSSR count). The van der Waals surface area contributed by atoms with Crippen molar-refractivity contribution in [3.05, 3.63) is 249 Å². The van der Waals surface area contributed by atoms with Gasteiger partial charge >= 0.3 is 55.0 Å². The highest BCUT2D eigenvalue weighted by Gasteiger charge is 2.50. The molecule has 30 heteroatoms. The minimum absolute atomic E-state index is 0.0647. The van der Waals surface area contributed by atoms with Gasteiger partial charge in [-0.2, -0.15) is 127 Å². The predicted octanol–water partition coefficient (Wildman–Crippen LogP) is 16.2. The Labute approximate surface area is 502 Å². The highest BCUT2D eigenvalue weighted by molar-refractivity contribution is 7.96. The number of hydrogen-bond donors (Lipinski definition) is 0. The van der Waals surface area contributed by atoms with Crippen molar-refractivity contribution in [2.24, 2.45) is 0 Å². The molecule has 0 unspecified atom stereocenters. The van der Waals surface area contributed by atoms with Crippen LogP contribution in [0.4, 0.5) is 105 Å². The molecule has 0 atom stereocenters. The van der Waals surface area contributed by atoms with E-state index in [0.29, 0.717) is 16.7 Å². The van der Waals surface area contributed by atoms with Crippen molar-refractivity contribution in [1.82, 2.24) is 0 Å². The predicted molar refractivity (Wildman–Crippen MR) is 293 cm³/mol. The van der Waals surface area contributed by atoms with Crippen molar-refractivity contribution in [3.63, 3.8) is 0 Å². The van der Waals surface area contributed by atoms with E-state index in [0.717, 1.165) is 15.9 Å². The fourth-order valence-electron chi connectivity index (χ4n) is 10.6. The number of halogens is 24. The number of carbonyl (C=O) groups excluding carboxylic acids is 1. The van der Waals surface area contributed by atoms with E-state index in [-0.39, 0.29) is 17.5 Å². The summed E-state index contributed by atoms with van der Waals surface area (Å²) in [5.41, 5.74) is -30.4. The third-order valence-electron chi connectivity index (χ3n) is 14.7. The molecule has 8 aromatic carbocycles. The molecule has 1 aromatic heterocycles. The minimum Gasteiger partial charge on any atom is -0.497 e. The van der Waals surface area contributed by atoms with Crippen LogP contribution in [0.25, 0.3) is 11.0 Å². The summed E-state index contributed by atoms with van der Waals surface area (Å²) in [6.07, 6.45) is -54.6. The van der Waals surface area contributed by atoms with Gasteiger partial charge in [-0.15, -0.1) is 0 Å². The Morgan fingerprint density at radius 3 is 0.870 bits per heavy atom. The number of ketones is 1. The van der Waals surface area contributed by atoms with Gasteiger partial charge in [-0.3, -0.25) is 4.79 Å². The van der Waals surface area contributed by atoms with Gasteiger partial charge in [0.2, 0.25) is 5.78 Å². The zero-order chi connectivity index (χ0) is 68.2. The Kier molecular flexibility index (Phi) is 18.6. The van der Waals surface area contributed by atoms with E-state index in [9.17, 15) is 115 Å². The topological polar surface area (TPSA) is 56.5 Å². The third kappa shape index (κ3) is 14.6. The van der Waals surface area contributed by atoms with Gasteiger partial charge in [0.15, 0.2) is 0 Å². The molecule has 0 N–H and O–H groups in total. The summed E-state index contributed by atoms with van der Waals surface area (Å²) < 4.78 is 352. The number of ether oxygens (including phenoxy) is 1. The van der Waals surface area contributed by atoms with Crippen LogP contribution in [0, 0.1) is 0 Å². The average Bonchev–Trinajstić information content (AvgIpc) is 0.712. The van der Waals surface area contributed by atoms with Gasteiger partial charge in [0.1, 0.15) is 52.4 Å². The number of Topliss-reactive ketones (excluding diaryl/α,β-unsaturated/α-hetero) is 1. The summed E-state index contributed by atoms with van der Waals surface area (Å²) in [4.78, 5) is 26.9. The first kappa shape index (κ1) is 69.1. The Morgan fingerprint density at radius 2 is 0.630 bits per heavy atom. The quantitative estimate of drug-likeness (QED) is 0.0426. The van der Waals surface area contributed by atoms with Crippen LogP contribution < -0.4 is 48.1 Å². The molecule has 1 heterocycles. The summed E-state index contributed by atoms with van der Waals surface area (Å²) in [6, 6.07) is 28.4. The number of benzene rings is 8. The number of alkyl halides is 24. The second kappa shape index (κ2) is 24.7. The minimum atomic E-state index is -6.13. The van der Waals surface area contributed by atoms with Gasteiger partial charge in [-0.05, 0) is 78.9 Å². The molecule has 0 aliphatic rings. The van der Waals surface area contributed by atoms with Crippen molar-refractivity contribution in [1.29, 1.82) is 0 Å². The van der Waals surface area contributed by atoms with E-state index in [2.05, 4.69) is 36.4 Å². The van der Waals surface area contributed by atoms with Crippen LogP contribution in [-0.2, 0) is 49.4 Å². The number of rotatable bonds is 11. The SMILES string of the molecule is COc1ccc2cc(C(=O)C[P+](c3ccccc3)(c3ccccc3)c3ccccc3)c(=O)oc2c1.FC(F)(F)c1cc([B-](c2cc(C(F)(F)F)cc(C(F)(F)F)c2)(c2cc(C(F)(F)F)cc(C(F)(F)F)c2)c2cc(C(F)(F)F)cc(C(F)(F)F)c2)cc(C(F)(F)F)c1. The molecule has 0 saturated carbocycles. The molecular formula is C62H36BF24O4P. The van der Waals surface area contributed by atoms with Crippen LogP contribution >= 0.6 is 7.26 Å². The molecule has 0 bridgehead atoms. The summed E-state index contributed by atoms with van der Waals surface area (Å²) in [6.45, 7) is 0. The second-order valence-electron chi connectivity index (χ2n) is 20.5. The molecule has 0 saturated heterocycles. The first-order valence-electron chi connectivity index (χ1n) is 25.9. The van der Waals surface area contributed by atoms with E-state index < -0.39 is 208 Å². The van der Waals surface area contributed by atoms with Crippen LogP contribution in [0.15, 0.2) is 197 Å². The van der Waals surface area contributed by atoms with Crippen molar-refractivity contribution in [2.75, 3.05) is 13.3 Å². The number of fused-ring (bicyclic) bond motifs is 1. The lowest BCUT2D eigenvalue weighted by atomic mass is 9.12. The molecule has 0 aliphatic heterocycles. The monoisotopic (exact) mass is 1340 g/mol. The largest absolute Gasteiger partial charge is 0.497 e. The van der Waals surface area contributed by atoms with Crippen molar-refractivity contribution in [3.8, 4) is 5.75 Å². The number of methoxy groups -OCH3 is 1. The summed E-state index contributed by atoms with van der Waals surface area (Å²) in [5, 5.41) is 3.93.